The molecular weight excluding hydrogens is 360 g/mol. The lowest BCUT2D eigenvalue weighted by Crippen LogP contribution is -2.72. The maximum Gasteiger partial charge on any atom is 0.220 e. The van der Waals surface area contributed by atoms with Crippen LogP contribution in [0.2, 0.25) is 0 Å². The van der Waals surface area contributed by atoms with Crippen LogP contribution in [-0.4, -0.2) is 72.5 Å². The molecule has 0 radical (unpaired) electrons. The highest BCUT2D eigenvalue weighted by Crippen LogP contribution is 2.45. The molecule has 2 fully saturated rings. The molecule has 146 valence electrons. The number of ether oxygens (including phenoxy) is 5. The molecule has 0 aliphatic carbocycles. The normalized spacial score (nSPS) is 43.1. The molecule has 3 rings (SSSR count). The van der Waals surface area contributed by atoms with Gasteiger partial charge in [0.25, 0.3) is 0 Å². The number of methoxy groups -OCH3 is 2. The lowest BCUT2D eigenvalue weighted by molar-refractivity contribution is -0.470. The van der Waals surface area contributed by atoms with E-state index < -0.39 is 41.4 Å². The van der Waals surface area contributed by atoms with Crippen molar-refractivity contribution in [2.75, 3.05) is 20.8 Å². The molecule has 0 spiro atoms. The number of rotatable bonds is 5. The Hall–Kier alpha value is -0.710. The summed E-state index contributed by atoms with van der Waals surface area (Å²) in [5, 5.41) is 20.7. The Balaban J connectivity index is 1.86. The smallest absolute Gasteiger partial charge is 0.220 e. The number of hydrogen-bond donors (Lipinski definition) is 2. The van der Waals surface area contributed by atoms with Gasteiger partial charge in [-0.05, 0) is 26.0 Å². The van der Waals surface area contributed by atoms with E-state index in [4.69, 9.17) is 23.7 Å². The molecule has 1 aromatic rings. The Labute approximate surface area is 157 Å². The molecule has 2 aliphatic heterocycles. The Morgan fingerprint density at radius 2 is 1.62 bits per heavy atom. The summed E-state index contributed by atoms with van der Waals surface area (Å²) in [6, 6.07) is 9.61. The Morgan fingerprint density at radius 1 is 1.04 bits per heavy atom. The van der Waals surface area contributed by atoms with Crippen molar-refractivity contribution in [1.29, 1.82) is 0 Å². The molecule has 1 aromatic carbocycles. The molecular formula is C18H26O7S. The van der Waals surface area contributed by atoms with Crippen LogP contribution in [0, 0.1) is 0 Å². The van der Waals surface area contributed by atoms with E-state index >= 15 is 0 Å². The monoisotopic (exact) mass is 386 g/mol. The van der Waals surface area contributed by atoms with Gasteiger partial charge < -0.3 is 33.9 Å². The highest BCUT2D eigenvalue weighted by molar-refractivity contribution is 7.99. The molecule has 7 nitrogen and oxygen atoms in total. The van der Waals surface area contributed by atoms with Crippen LogP contribution < -0.4 is 0 Å². The van der Waals surface area contributed by atoms with Gasteiger partial charge in [0.05, 0.1) is 6.61 Å². The average Bonchev–Trinajstić information content (AvgIpc) is 2.66. The van der Waals surface area contributed by atoms with Crippen molar-refractivity contribution in [3.05, 3.63) is 30.3 Å². The van der Waals surface area contributed by atoms with Gasteiger partial charge in [-0.1, -0.05) is 30.0 Å². The molecule has 0 bridgehead atoms. The van der Waals surface area contributed by atoms with E-state index in [1.165, 1.54) is 26.0 Å². The highest BCUT2D eigenvalue weighted by Gasteiger charge is 2.62. The first kappa shape index (κ1) is 20.0. The molecule has 2 N–H and O–H groups in total. The van der Waals surface area contributed by atoms with Crippen LogP contribution in [0.5, 0.6) is 0 Å². The second kappa shape index (κ2) is 7.73. The second-order valence-electron chi connectivity index (χ2n) is 6.61. The fraction of sp³-hybridized carbons (Fsp3) is 0.667. The van der Waals surface area contributed by atoms with Crippen molar-refractivity contribution in [3.63, 3.8) is 0 Å². The van der Waals surface area contributed by atoms with Gasteiger partial charge in [0.15, 0.2) is 0 Å². The van der Waals surface area contributed by atoms with Crippen molar-refractivity contribution in [1.82, 2.24) is 0 Å². The van der Waals surface area contributed by atoms with Crippen LogP contribution in [-0.2, 0) is 23.7 Å². The molecule has 8 heteroatoms. The number of benzene rings is 1. The summed E-state index contributed by atoms with van der Waals surface area (Å²) in [7, 11) is 2.98. The Kier molecular flexibility index (Phi) is 5.96. The van der Waals surface area contributed by atoms with Crippen molar-refractivity contribution in [3.8, 4) is 0 Å². The lowest BCUT2D eigenvalue weighted by atomic mass is 9.95. The molecule has 2 saturated heterocycles. The van der Waals surface area contributed by atoms with E-state index in [1.807, 2.05) is 30.3 Å². The largest absolute Gasteiger partial charge is 0.394 e. The van der Waals surface area contributed by atoms with Crippen molar-refractivity contribution in [2.24, 2.45) is 0 Å². The minimum Gasteiger partial charge on any atom is -0.394 e. The number of hydrogen-bond acceptors (Lipinski definition) is 8. The molecule has 2 aliphatic rings. The summed E-state index contributed by atoms with van der Waals surface area (Å²) in [5.74, 6) is -2.46. The molecule has 7 atom stereocenters. The minimum atomic E-state index is -1.23. The molecule has 2 heterocycles. The summed E-state index contributed by atoms with van der Waals surface area (Å²) >= 11 is 1.37. The van der Waals surface area contributed by atoms with E-state index in [2.05, 4.69) is 0 Å². The highest BCUT2D eigenvalue weighted by atomic mass is 32.2. The van der Waals surface area contributed by atoms with Crippen molar-refractivity contribution in [2.45, 2.75) is 60.2 Å². The van der Waals surface area contributed by atoms with Crippen LogP contribution in [0.25, 0.3) is 0 Å². The second-order valence-corrected chi connectivity index (χ2v) is 7.78. The van der Waals surface area contributed by atoms with E-state index in [0.717, 1.165) is 4.90 Å². The van der Waals surface area contributed by atoms with Gasteiger partial charge in [0.2, 0.25) is 11.6 Å². The van der Waals surface area contributed by atoms with Gasteiger partial charge in [0, 0.05) is 19.1 Å². The zero-order valence-electron chi connectivity index (χ0n) is 15.3. The van der Waals surface area contributed by atoms with Crippen LogP contribution in [0.3, 0.4) is 0 Å². The SMILES string of the molecule is COC1(C)O[C@@H]2[C@@H](O)[C@H](Sc3ccccc3)O[C@H](CO)[C@H]2OC1(C)OC. The van der Waals surface area contributed by atoms with Gasteiger partial charge in [-0.25, -0.2) is 0 Å². The van der Waals surface area contributed by atoms with Gasteiger partial charge in [-0.2, -0.15) is 0 Å². The zero-order valence-corrected chi connectivity index (χ0v) is 16.1. The molecule has 0 saturated carbocycles. The van der Waals surface area contributed by atoms with Crippen LogP contribution >= 0.6 is 11.8 Å². The fourth-order valence-electron chi connectivity index (χ4n) is 3.25. The van der Waals surface area contributed by atoms with Crippen LogP contribution in [0.4, 0.5) is 0 Å². The Bertz CT molecular complexity index is 602. The quantitative estimate of drug-likeness (QED) is 0.785. The van der Waals surface area contributed by atoms with Crippen LogP contribution in [0.15, 0.2) is 35.2 Å². The van der Waals surface area contributed by atoms with Crippen LogP contribution in [0.1, 0.15) is 13.8 Å². The number of fused-ring (bicyclic) bond motifs is 1. The van der Waals surface area contributed by atoms with Gasteiger partial charge in [-0.3, -0.25) is 0 Å². The summed E-state index contributed by atoms with van der Waals surface area (Å²) < 4.78 is 29.1. The predicted octanol–water partition coefficient (Wildman–Crippen LogP) is 1.37. The molecule has 2 unspecified atom stereocenters. The van der Waals surface area contributed by atoms with E-state index in [-0.39, 0.29) is 6.61 Å². The first-order valence-corrected chi connectivity index (χ1v) is 9.37. The van der Waals surface area contributed by atoms with Gasteiger partial charge in [0.1, 0.15) is 29.9 Å². The zero-order chi connectivity index (χ0) is 18.9. The molecule has 26 heavy (non-hydrogen) atoms. The standard InChI is InChI=1S/C18H26O7S/c1-17(21-3)18(2,22-4)25-15-13(20)16(23-12(10-19)14(15)24-17)26-11-8-6-5-7-9-11/h5-9,12-16,19-20H,10H2,1-4H3/t12-,13-,14-,15-,16+,17?,18?/m1/s1. The summed E-state index contributed by atoms with van der Waals surface area (Å²) in [4.78, 5) is 0.944. The van der Waals surface area contributed by atoms with Crippen molar-refractivity contribution < 1.29 is 33.9 Å². The maximum atomic E-state index is 10.9. The number of aliphatic hydroxyl groups is 2. The van der Waals surface area contributed by atoms with E-state index in [0.29, 0.717) is 0 Å². The first-order chi connectivity index (χ1) is 12.4. The topological polar surface area (TPSA) is 86.6 Å². The maximum absolute atomic E-state index is 10.9. The van der Waals surface area contributed by atoms with Crippen molar-refractivity contribution >= 4 is 11.8 Å². The third-order valence-corrected chi connectivity index (χ3v) is 6.28. The van der Waals surface area contributed by atoms with Gasteiger partial charge >= 0.3 is 0 Å². The van der Waals surface area contributed by atoms with E-state index in [1.54, 1.807) is 13.8 Å². The summed E-state index contributed by atoms with van der Waals surface area (Å²) in [6.07, 6.45) is -3.09. The molecule has 0 amide bonds. The van der Waals surface area contributed by atoms with Gasteiger partial charge in [-0.15, -0.1) is 0 Å². The van der Waals surface area contributed by atoms with E-state index in [9.17, 15) is 10.2 Å². The fourth-order valence-corrected chi connectivity index (χ4v) is 4.32. The Morgan fingerprint density at radius 3 is 2.15 bits per heavy atom. The lowest BCUT2D eigenvalue weighted by Gasteiger charge is -2.56. The third kappa shape index (κ3) is 3.41. The first-order valence-electron chi connectivity index (χ1n) is 8.49. The average molecular weight is 386 g/mol. The minimum absolute atomic E-state index is 0.271. The molecule has 0 aromatic heterocycles. The number of aliphatic hydroxyl groups excluding tert-OH is 2. The number of thioether (sulfide) groups is 1. The third-order valence-electron chi connectivity index (χ3n) is 5.12. The summed E-state index contributed by atoms with van der Waals surface area (Å²) in [6.45, 7) is 3.12. The summed E-state index contributed by atoms with van der Waals surface area (Å²) in [5.41, 5.74) is -0.618. The predicted molar refractivity (Wildman–Crippen MR) is 94.6 cm³/mol.